The van der Waals surface area contributed by atoms with Gasteiger partial charge in [-0.15, -0.1) is 0 Å². The standard InChI is InChI=1S/C9H17F3N2S/c1-6(2)3-4-15-5-7(8(13)14)9(10,11)12/h6-7H,3-5H2,1-2H3,(H3,13,14). The Bertz CT molecular complexity index is 204. The van der Waals surface area contributed by atoms with Crippen molar-refractivity contribution >= 4 is 17.6 Å². The summed E-state index contributed by atoms with van der Waals surface area (Å²) in [5, 5.41) is 6.87. The third-order valence-corrected chi connectivity index (χ3v) is 2.99. The summed E-state index contributed by atoms with van der Waals surface area (Å²) in [4.78, 5) is 0. The summed E-state index contributed by atoms with van der Waals surface area (Å²) in [7, 11) is 0. The van der Waals surface area contributed by atoms with Crippen LogP contribution >= 0.6 is 11.8 Å². The zero-order valence-electron chi connectivity index (χ0n) is 8.90. The molecule has 0 spiro atoms. The first-order valence-corrected chi connectivity index (χ1v) is 5.89. The lowest BCUT2D eigenvalue weighted by Gasteiger charge is -2.18. The van der Waals surface area contributed by atoms with Crippen LogP contribution in [0, 0.1) is 17.2 Å². The Morgan fingerprint density at radius 3 is 2.27 bits per heavy atom. The fourth-order valence-corrected chi connectivity index (χ4v) is 2.29. The zero-order valence-corrected chi connectivity index (χ0v) is 9.71. The Hall–Kier alpha value is -0.390. The smallest absolute Gasteiger partial charge is 0.387 e. The monoisotopic (exact) mass is 242 g/mol. The Kier molecular flexibility index (Phi) is 6.09. The van der Waals surface area contributed by atoms with Crippen molar-refractivity contribution < 1.29 is 13.2 Å². The van der Waals surface area contributed by atoms with Crippen LogP contribution in [0.3, 0.4) is 0 Å². The highest BCUT2D eigenvalue weighted by atomic mass is 32.2. The van der Waals surface area contributed by atoms with Crippen LogP contribution in [-0.4, -0.2) is 23.5 Å². The molecule has 0 fully saturated rings. The van der Waals surface area contributed by atoms with Gasteiger partial charge in [-0.2, -0.15) is 24.9 Å². The molecule has 2 nitrogen and oxygen atoms in total. The molecule has 0 radical (unpaired) electrons. The Labute approximate surface area is 92.3 Å². The van der Waals surface area contributed by atoms with Gasteiger partial charge < -0.3 is 5.73 Å². The molecular weight excluding hydrogens is 225 g/mol. The second-order valence-corrected chi connectivity index (χ2v) is 4.96. The molecule has 0 bridgehead atoms. The van der Waals surface area contributed by atoms with Crippen LogP contribution < -0.4 is 5.73 Å². The maximum absolute atomic E-state index is 12.3. The third-order valence-electron chi connectivity index (χ3n) is 1.89. The summed E-state index contributed by atoms with van der Waals surface area (Å²) in [6, 6.07) is 0. The summed E-state index contributed by atoms with van der Waals surface area (Å²) in [5.74, 6) is -1.57. The van der Waals surface area contributed by atoms with Crippen molar-refractivity contribution in [3.63, 3.8) is 0 Å². The van der Waals surface area contributed by atoms with Crippen molar-refractivity contribution in [2.24, 2.45) is 17.6 Å². The molecule has 0 aliphatic rings. The second-order valence-electron chi connectivity index (χ2n) is 3.81. The van der Waals surface area contributed by atoms with Crippen molar-refractivity contribution in [3.05, 3.63) is 0 Å². The molecule has 1 unspecified atom stereocenters. The first-order valence-electron chi connectivity index (χ1n) is 4.73. The van der Waals surface area contributed by atoms with Crippen LogP contribution in [0.1, 0.15) is 20.3 Å². The fraction of sp³-hybridized carbons (Fsp3) is 0.889. The number of halogens is 3. The van der Waals surface area contributed by atoms with E-state index in [9.17, 15) is 13.2 Å². The Balaban J connectivity index is 3.94. The van der Waals surface area contributed by atoms with Gasteiger partial charge in [-0.1, -0.05) is 13.8 Å². The van der Waals surface area contributed by atoms with E-state index >= 15 is 0 Å². The zero-order chi connectivity index (χ0) is 12.1. The predicted octanol–water partition coefficient (Wildman–Crippen LogP) is 2.88. The van der Waals surface area contributed by atoms with E-state index in [2.05, 4.69) is 0 Å². The van der Waals surface area contributed by atoms with Gasteiger partial charge in [-0.05, 0) is 18.1 Å². The molecule has 90 valence electrons. The van der Waals surface area contributed by atoms with E-state index in [-0.39, 0.29) is 5.75 Å². The molecule has 0 saturated carbocycles. The van der Waals surface area contributed by atoms with Crippen molar-refractivity contribution in [2.75, 3.05) is 11.5 Å². The van der Waals surface area contributed by atoms with Gasteiger partial charge in [-0.25, -0.2) is 0 Å². The molecule has 15 heavy (non-hydrogen) atoms. The maximum atomic E-state index is 12.3. The number of hydrogen-bond acceptors (Lipinski definition) is 2. The van der Waals surface area contributed by atoms with Gasteiger partial charge in [0.1, 0.15) is 11.8 Å². The first-order chi connectivity index (χ1) is 6.75. The van der Waals surface area contributed by atoms with Crippen LogP contribution in [0.4, 0.5) is 13.2 Å². The largest absolute Gasteiger partial charge is 0.399 e. The number of thioether (sulfide) groups is 1. The Morgan fingerprint density at radius 2 is 1.93 bits per heavy atom. The van der Waals surface area contributed by atoms with Gasteiger partial charge in [0.05, 0.1) is 0 Å². The quantitative estimate of drug-likeness (QED) is 0.427. The number of alkyl halides is 3. The molecule has 0 heterocycles. The highest BCUT2D eigenvalue weighted by Gasteiger charge is 2.41. The van der Waals surface area contributed by atoms with Crippen LogP contribution in [0.5, 0.6) is 0 Å². The van der Waals surface area contributed by atoms with Crippen molar-refractivity contribution in [3.8, 4) is 0 Å². The van der Waals surface area contributed by atoms with E-state index in [1.165, 1.54) is 11.8 Å². The van der Waals surface area contributed by atoms with E-state index < -0.39 is 17.9 Å². The number of nitrogens with two attached hydrogens (primary N) is 1. The van der Waals surface area contributed by atoms with Gasteiger partial charge in [0.2, 0.25) is 0 Å². The van der Waals surface area contributed by atoms with Crippen LogP contribution in [-0.2, 0) is 0 Å². The molecule has 0 rings (SSSR count). The van der Waals surface area contributed by atoms with Gasteiger partial charge in [0.15, 0.2) is 0 Å². The van der Waals surface area contributed by atoms with Gasteiger partial charge in [0, 0.05) is 5.75 Å². The lowest BCUT2D eigenvalue weighted by atomic mass is 10.1. The first kappa shape index (κ1) is 14.6. The number of rotatable bonds is 6. The minimum atomic E-state index is -4.39. The maximum Gasteiger partial charge on any atom is 0.399 e. The molecule has 0 amide bonds. The van der Waals surface area contributed by atoms with Crippen LogP contribution in [0.25, 0.3) is 0 Å². The summed E-state index contributed by atoms with van der Waals surface area (Å²) < 4.78 is 37.0. The van der Waals surface area contributed by atoms with Gasteiger partial charge >= 0.3 is 6.18 Å². The lowest BCUT2D eigenvalue weighted by Crippen LogP contribution is -2.37. The average molecular weight is 242 g/mol. The SMILES string of the molecule is CC(C)CCSCC(C(=N)N)C(F)(F)F. The van der Waals surface area contributed by atoms with E-state index in [1.807, 2.05) is 13.8 Å². The van der Waals surface area contributed by atoms with E-state index in [0.29, 0.717) is 11.7 Å². The van der Waals surface area contributed by atoms with Crippen molar-refractivity contribution in [1.29, 1.82) is 5.41 Å². The number of hydrogen-bond donors (Lipinski definition) is 2. The van der Waals surface area contributed by atoms with Crippen molar-refractivity contribution in [1.82, 2.24) is 0 Å². The minimum absolute atomic E-state index is 0.147. The summed E-state index contributed by atoms with van der Waals surface area (Å²) in [6.45, 7) is 4.04. The van der Waals surface area contributed by atoms with Crippen molar-refractivity contribution in [2.45, 2.75) is 26.4 Å². The molecule has 1 atom stereocenters. The molecule has 6 heteroatoms. The van der Waals surface area contributed by atoms with E-state index in [4.69, 9.17) is 11.1 Å². The molecule has 0 aliphatic carbocycles. The average Bonchev–Trinajstić information content (AvgIpc) is 1.99. The highest BCUT2D eigenvalue weighted by molar-refractivity contribution is 7.99. The van der Waals surface area contributed by atoms with Crippen LogP contribution in [0.15, 0.2) is 0 Å². The van der Waals surface area contributed by atoms with Crippen LogP contribution in [0.2, 0.25) is 0 Å². The molecule has 0 aliphatic heterocycles. The van der Waals surface area contributed by atoms with Gasteiger partial charge in [-0.3, -0.25) is 5.41 Å². The summed E-state index contributed by atoms with van der Waals surface area (Å²) in [5.41, 5.74) is 4.91. The third kappa shape index (κ3) is 6.65. The highest BCUT2D eigenvalue weighted by Crippen LogP contribution is 2.29. The molecule has 3 N–H and O–H groups in total. The number of nitrogens with one attached hydrogen (secondary N) is 1. The summed E-state index contributed by atoms with van der Waals surface area (Å²) in [6.07, 6.45) is -3.51. The molecule has 0 aromatic rings. The second kappa shape index (κ2) is 6.25. The lowest BCUT2D eigenvalue weighted by molar-refractivity contribution is -0.149. The van der Waals surface area contributed by atoms with Gasteiger partial charge in [0.25, 0.3) is 0 Å². The molecule has 0 aromatic carbocycles. The fourth-order valence-electron chi connectivity index (χ4n) is 0.881. The normalized spacial score (nSPS) is 14.3. The predicted molar refractivity (Wildman–Crippen MR) is 58.2 cm³/mol. The Morgan fingerprint density at radius 1 is 1.40 bits per heavy atom. The van der Waals surface area contributed by atoms with E-state index in [1.54, 1.807) is 0 Å². The number of amidine groups is 1. The minimum Gasteiger partial charge on any atom is -0.387 e. The summed E-state index contributed by atoms with van der Waals surface area (Å²) >= 11 is 1.20. The van der Waals surface area contributed by atoms with E-state index in [0.717, 1.165) is 6.42 Å². The molecular formula is C9H17F3N2S. The topological polar surface area (TPSA) is 49.9 Å². The molecule has 0 aromatic heterocycles. The molecule has 0 saturated heterocycles.